The Morgan fingerprint density at radius 3 is 2.36 bits per heavy atom. The predicted octanol–water partition coefficient (Wildman–Crippen LogP) is 6.03. The van der Waals surface area contributed by atoms with Gasteiger partial charge in [0, 0.05) is 62.1 Å². The average molecular weight is 657 g/mol. The zero-order valence-electron chi connectivity index (χ0n) is 24.7. The zero-order chi connectivity index (χ0) is 32.2. The molecular formula is C31H34F6N4O3S. The summed E-state index contributed by atoms with van der Waals surface area (Å²) in [6.07, 6.45) is -9.72. The second kappa shape index (κ2) is 14.1. The summed E-state index contributed by atoms with van der Waals surface area (Å²) in [6.45, 7) is 7.30. The molecule has 14 heteroatoms. The summed E-state index contributed by atoms with van der Waals surface area (Å²) >= 11 is 1.54. The topological polar surface area (TPSA) is 57.6 Å². The first-order valence-electron chi connectivity index (χ1n) is 14.6. The van der Waals surface area contributed by atoms with Crippen molar-refractivity contribution < 1.29 is 40.7 Å². The lowest BCUT2D eigenvalue weighted by molar-refractivity contribution is -0.143. The number of amides is 1. The molecule has 7 nitrogen and oxygen atoms in total. The fourth-order valence-electron chi connectivity index (χ4n) is 5.70. The Hall–Kier alpha value is -3.20. The van der Waals surface area contributed by atoms with Crippen LogP contribution in [0.5, 0.6) is 0 Å². The molecule has 3 heterocycles. The Kier molecular flexibility index (Phi) is 10.4. The van der Waals surface area contributed by atoms with E-state index < -0.39 is 41.0 Å². The van der Waals surface area contributed by atoms with Gasteiger partial charge in [-0.3, -0.25) is 14.6 Å². The molecule has 3 aromatic rings. The minimum Gasteiger partial charge on any atom is -0.394 e. The first kappa shape index (κ1) is 33.2. The van der Waals surface area contributed by atoms with E-state index in [1.54, 1.807) is 0 Å². The molecule has 1 unspecified atom stereocenters. The molecule has 5 rings (SSSR count). The third kappa shape index (κ3) is 8.54. The summed E-state index contributed by atoms with van der Waals surface area (Å²) in [6, 6.07) is 8.28. The number of rotatable bonds is 9. The number of oxime groups is 1. The number of hydrogen-bond acceptors (Lipinski definition) is 7. The molecule has 2 saturated heterocycles. The molecular weight excluding hydrogens is 622 g/mol. The number of carbonyl (C=O) groups excluding carboxylic acids is 1. The van der Waals surface area contributed by atoms with Gasteiger partial charge in [0.15, 0.2) is 0 Å². The average Bonchev–Trinajstić information content (AvgIpc) is 3.41. The van der Waals surface area contributed by atoms with Crippen molar-refractivity contribution in [1.29, 1.82) is 0 Å². The van der Waals surface area contributed by atoms with Crippen LogP contribution in [0, 0.1) is 0 Å². The fraction of sp³-hybridized carbons (Fsp3) is 0.484. The largest absolute Gasteiger partial charge is 0.416 e. The van der Waals surface area contributed by atoms with Gasteiger partial charge in [0.2, 0.25) is 0 Å². The van der Waals surface area contributed by atoms with E-state index in [-0.39, 0.29) is 12.6 Å². The van der Waals surface area contributed by atoms with Gasteiger partial charge in [-0.15, -0.1) is 11.3 Å². The molecule has 0 radical (unpaired) electrons. The second-order valence-electron chi connectivity index (χ2n) is 11.3. The number of ether oxygens (including phenoxy) is 1. The number of thiophene rings is 1. The highest BCUT2D eigenvalue weighted by Gasteiger charge is 2.39. The van der Waals surface area contributed by atoms with E-state index in [0.717, 1.165) is 35.3 Å². The van der Waals surface area contributed by atoms with Crippen LogP contribution in [-0.4, -0.2) is 98.0 Å². The Morgan fingerprint density at radius 1 is 0.978 bits per heavy atom. The van der Waals surface area contributed by atoms with Gasteiger partial charge < -0.3 is 14.5 Å². The highest BCUT2D eigenvalue weighted by atomic mass is 32.1. The van der Waals surface area contributed by atoms with E-state index >= 15 is 0 Å². The van der Waals surface area contributed by atoms with Gasteiger partial charge in [-0.2, -0.15) is 26.3 Å². The smallest absolute Gasteiger partial charge is 0.394 e. The van der Waals surface area contributed by atoms with Crippen molar-refractivity contribution in [1.82, 2.24) is 14.7 Å². The Balaban J connectivity index is 1.34. The lowest BCUT2D eigenvalue weighted by Gasteiger charge is -2.41. The number of piperazine rings is 1. The van der Waals surface area contributed by atoms with E-state index in [4.69, 9.17) is 9.57 Å². The number of carbonyl (C=O) groups is 1. The van der Waals surface area contributed by atoms with Crippen molar-refractivity contribution >= 4 is 33.0 Å². The minimum atomic E-state index is -5.05. The highest BCUT2D eigenvalue weighted by molar-refractivity contribution is 7.17. The fourth-order valence-corrected chi connectivity index (χ4v) is 6.67. The molecule has 0 bridgehead atoms. The summed E-state index contributed by atoms with van der Waals surface area (Å²) in [7, 11) is 0. The van der Waals surface area contributed by atoms with E-state index in [1.807, 2.05) is 36.6 Å². The van der Waals surface area contributed by atoms with Crippen molar-refractivity contribution in [2.45, 2.75) is 31.7 Å². The molecule has 2 aliphatic rings. The van der Waals surface area contributed by atoms with Crippen LogP contribution in [0.25, 0.3) is 10.1 Å². The standard InChI is InChI=1S/C31H34F6N4O3S/c1-21(38-44-13-10-39-8-11-43-12-9-39)18-40-6-7-41(26(19-40)16-23-20-45-28-5-3-2-4-27(23)28)29(42)22-14-24(30(32,33)34)17-25(15-22)31(35,36)37/h2-5,14-15,17,20,26H,6-13,16,18-19H2,1H3. The number of hydrogen-bond donors (Lipinski definition) is 0. The van der Waals surface area contributed by atoms with Gasteiger partial charge in [-0.1, -0.05) is 23.4 Å². The van der Waals surface area contributed by atoms with Gasteiger partial charge in [0.1, 0.15) is 6.61 Å². The monoisotopic (exact) mass is 656 g/mol. The van der Waals surface area contributed by atoms with Crippen LogP contribution in [0.1, 0.15) is 34.0 Å². The molecule has 1 amide bonds. The van der Waals surface area contributed by atoms with Crippen LogP contribution in [0.3, 0.4) is 0 Å². The summed E-state index contributed by atoms with van der Waals surface area (Å²) in [5, 5.41) is 7.21. The normalized spacial score (nSPS) is 19.3. The SMILES string of the molecule is CC(CN1CCN(C(=O)c2cc(C(F)(F)F)cc(C(F)(F)F)c2)C(Cc2csc3ccccc23)C1)=NOCCN1CCOCC1. The first-order valence-corrected chi connectivity index (χ1v) is 15.5. The molecule has 2 fully saturated rings. The third-order valence-electron chi connectivity index (χ3n) is 7.95. The van der Waals surface area contributed by atoms with Crippen LogP contribution in [0.15, 0.2) is 53.0 Å². The van der Waals surface area contributed by atoms with Gasteiger partial charge >= 0.3 is 12.4 Å². The lowest BCUT2D eigenvalue weighted by Crippen LogP contribution is -2.56. The third-order valence-corrected chi connectivity index (χ3v) is 8.97. The number of benzene rings is 2. The molecule has 0 saturated carbocycles. The molecule has 2 aromatic carbocycles. The summed E-state index contributed by atoms with van der Waals surface area (Å²) in [5.41, 5.74) is -2.00. The zero-order valence-corrected chi connectivity index (χ0v) is 25.5. The van der Waals surface area contributed by atoms with Gasteiger partial charge in [-0.05, 0) is 53.9 Å². The van der Waals surface area contributed by atoms with Crippen molar-refractivity contribution in [2.24, 2.45) is 5.16 Å². The van der Waals surface area contributed by atoms with E-state index in [2.05, 4.69) is 15.0 Å². The second-order valence-corrected chi connectivity index (χ2v) is 12.2. The first-order chi connectivity index (χ1) is 21.4. The van der Waals surface area contributed by atoms with Crippen LogP contribution in [0.4, 0.5) is 26.3 Å². The molecule has 1 aromatic heterocycles. The van der Waals surface area contributed by atoms with Crippen LogP contribution in [-0.2, 0) is 28.3 Å². The maximum absolute atomic E-state index is 13.7. The van der Waals surface area contributed by atoms with Crippen molar-refractivity contribution in [2.75, 3.05) is 65.6 Å². The lowest BCUT2D eigenvalue weighted by atomic mass is 9.98. The Bertz CT molecular complexity index is 1470. The van der Waals surface area contributed by atoms with Crippen LogP contribution >= 0.6 is 11.3 Å². The predicted molar refractivity (Wildman–Crippen MR) is 160 cm³/mol. The maximum atomic E-state index is 13.7. The summed E-state index contributed by atoms with van der Waals surface area (Å²) in [5.74, 6) is -0.868. The van der Waals surface area contributed by atoms with Crippen LogP contribution < -0.4 is 0 Å². The van der Waals surface area contributed by atoms with Crippen molar-refractivity contribution in [3.8, 4) is 0 Å². The van der Waals surface area contributed by atoms with Crippen LogP contribution in [0.2, 0.25) is 0 Å². The Morgan fingerprint density at radius 2 is 1.67 bits per heavy atom. The van der Waals surface area contributed by atoms with E-state index in [9.17, 15) is 31.1 Å². The number of nitrogens with zero attached hydrogens (tertiary/aromatic N) is 4. The number of halogens is 6. The Labute approximate surface area is 261 Å². The minimum absolute atomic E-state index is 0.0365. The van der Waals surface area contributed by atoms with Gasteiger partial charge in [0.05, 0.1) is 30.1 Å². The van der Waals surface area contributed by atoms with Crippen molar-refractivity contribution in [3.63, 3.8) is 0 Å². The molecule has 2 aliphatic heterocycles. The molecule has 45 heavy (non-hydrogen) atoms. The van der Waals surface area contributed by atoms with Crippen molar-refractivity contribution in [3.05, 3.63) is 70.1 Å². The van der Waals surface area contributed by atoms with E-state index in [1.165, 1.54) is 16.2 Å². The highest BCUT2D eigenvalue weighted by Crippen LogP contribution is 2.37. The van der Waals surface area contributed by atoms with E-state index in [0.29, 0.717) is 63.7 Å². The summed E-state index contributed by atoms with van der Waals surface area (Å²) in [4.78, 5) is 24.9. The molecule has 0 aliphatic carbocycles. The molecule has 244 valence electrons. The van der Waals surface area contributed by atoms with Gasteiger partial charge in [-0.25, -0.2) is 0 Å². The maximum Gasteiger partial charge on any atom is 0.416 e. The van der Waals surface area contributed by atoms with Gasteiger partial charge in [0.25, 0.3) is 5.91 Å². The molecule has 0 spiro atoms. The molecule has 0 N–H and O–H groups in total. The summed E-state index contributed by atoms with van der Waals surface area (Å²) < 4.78 is 87.8. The quantitative estimate of drug-likeness (QED) is 0.122. The molecule has 1 atom stereocenters. The number of morpholine rings is 1. The number of alkyl halides is 6. The number of fused-ring (bicyclic) bond motifs is 1.